The first kappa shape index (κ1) is 14.7. The molecule has 0 radical (unpaired) electrons. The lowest BCUT2D eigenvalue weighted by Crippen LogP contribution is -2.23. The molecule has 0 saturated carbocycles. The first-order chi connectivity index (χ1) is 10.3. The zero-order valence-electron chi connectivity index (χ0n) is 12.5. The van der Waals surface area contributed by atoms with E-state index in [0.29, 0.717) is 0 Å². The number of nitrogens with one attached hydrogen (secondary N) is 1. The van der Waals surface area contributed by atoms with Crippen LogP contribution in [0, 0.1) is 5.82 Å². The third kappa shape index (κ3) is 3.19. The number of halogens is 1. The molecule has 3 heteroatoms. The van der Waals surface area contributed by atoms with Gasteiger partial charge in [0.2, 0.25) is 0 Å². The molecule has 0 aliphatic heterocycles. The average Bonchev–Trinajstić information content (AvgIpc) is 2.93. The van der Waals surface area contributed by atoms with Gasteiger partial charge in [-0.3, -0.25) is 0 Å². The van der Waals surface area contributed by atoms with Crippen LogP contribution in [0.2, 0.25) is 0 Å². The molecule has 112 valence electrons. The highest BCUT2D eigenvalue weighted by molar-refractivity contribution is 7.12. The Morgan fingerprint density at radius 3 is 2.81 bits per heavy atom. The summed E-state index contributed by atoms with van der Waals surface area (Å²) in [6.07, 6.45) is 6.01. The first-order valence-electron chi connectivity index (χ1n) is 7.89. The number of fused-ring (bicyclic) bond motifs is 1. The minimum absolute atomic E-state index is 0.0123. The Hall–Kier alpha value is -1.19. The number of aryl methyl sites for hydroxylation is 2. The summed E-state index contributed by atoms with van der Waals surface area (Å²) in [6.45, 7) is 3.05. The normalized spacial score (nSPS) is 15.7. The van der Waals surface area contributed by atoms with E-state index in [1.165, 1.54) is 41.0 Å². The lowest BCUT2D eigenvalue weighted by atomic mass is 9.97. The average molecular weight is 303 g/mol. The van der Waals surface area contributed by atoms with E-state index in [1.807, 2.05) is 23.5 Å². The Morgan fingerprint density at radius 2 is 2.05 bits per heavy atom. The van der Waals surface area contributed by atoms with Crippen LogP contribution in [-0.2, 0) is 12.8 Å². The number of rotatable bonds is 5. The van der Waals surface area contributed by atoms with Gasteiger partial charge < -0.3 is 5.32 Å². The molecule has 0 spiro atoms. The summed E-state index contributed by atoms with van der Waals surface area (Å²) in [5.74, 6) is -0.113. The van der Waals surface area contributed by atoms with E-state index in [-0.39, 0.29) is 11.9 Å². The van der Waals surface area contributed by atoms with Crippen molar-refractivity contribution in [2.24, 2.45) is 0 Å². The second-order valence-corrected chi connectivity index (χ2v) is 6.88. The van der Waals surface area contributed by atoms with Gasteiger partial charge in [0.15, 0.2) is 0 Å². The molecule has 1 heterocycles. The van der Waals surface area contributed by atoms with Crippen molar-refractivity contribution in [1.29, 1.82) is 0 Å². The molecule has 1 nitrogen and oxygen atoms in total. The van der Waals surface area contributed by atoms with Gasteiger partial charge in [-0.2, -0.15) is 0 Å². The molecule has 1 aromatic heterocycles. The third-order valence-corrected chi connectivity index (χ3v) is 5.42. The largest absolute Gasteiger partial charge is 0.306 e. The third-order valence-electron chi connectivity index (χ3n) is 4.11. The van der Waals surface area contributed by atoms with E-state index in [2.05, 4.69) is 18.3 Å². The highest BCUT2D eigenvalue weighted by atomic mass is 32.1. The van der Waals surface area contributed by atoms with Crippen molar-refractivity contribution >= 4 is 11.3 Å². The molecule has 1 aliphatic carbocycles. The number of hydrogen-bond acceptors (Lipinski definition) is 2. The second-order valence-electron chi connectivity index (χ2n) is 5.71. The standard InChI is InChI=1S/C18H22FNS/c1-2-11-20-18(14-8-4-5-9-15(14)19)17-12-13-7-3-6-10-16(13)21-17/h4-5,8-9,12,18,20H,2-3,6-7,10-11H2,1H3. The van der Waals surface area contributed by atoms with Crippen molar-refractivity contribution in [1.82, 2.24) is 5.32 Å². The number of thiophene rings is 1. The van der Waals surface area contributed by atoms with Gasteiger partial charge in [-0.15, -0.1) is 11.3 Å². The molecular formula is C18H22FNS. The molecular weight excluding hydrogens is 281 g/mol. The Bertz CT molecular complexity index is 582. The highest BCUT2D eigenvalue weighted by Gasteiger charge is 2.22. The van der Waals surface area contributed by atoms with Gasteiger partial charge in [0.1, 0.15) is 5.82 Å². The van der Waals surface area contributed by atoms with Crippen LogP contribution in [0.5, 0.6) is 0 Å². The molecule has 0 amide bonds. The number of benzene rings is 1. The van der Waals surface area contributed by atoms with E-state index in [4.69, 9.17) is 0 Å². The Morgan fingerprint density at radius 1 is 1.24 bits per heavy atom. The zero-order chi connectivity index (χ0) is 14.7. The van der Waals surface area contributed by atoms with E-state index < -0.39 is 0 Å². The van der Waals surface area contributed by atoms with Crippen molar-refractivity contribution in [3.05, 3.63) is 57.0 Å². The smallest absolute Gasteiger partial charge is 0.128 e. The van der Waals surface area contributed by atoms with Crippen LogP contribution in [0.25, 0.3) is 0 Å². The molecule has 2 aromatic rings. The van der Waals surface area contributed by atoms with Crippen molar-refractivity contribution in [3.8, 4) is 0 Å². The molecule has 1 aliphatic rings. The molecule has 1 unspecified atom stereocenters. The van der Waals surface area contributed by atoms with E-state index in [9.17, 15) is 4.39 Å². The highest BCUT2D eigenvalue weighted by Crippen LogP contribution is 2.36. The lowest BCUT2D eigenvalue weighted by molar-refractivity contribution is 0.551. The van der Waals surface area contributed by atoms with Crippen LogP contribution in [-0.4, -0.2) is 6.54 Å². The summed E-state index contributed by atoms with van der Waals surface area (Å²) in [5, 5.41) is 3.52. The minimum atomic E-state index is -0.113. The topological polar surface area (TPSA) is 12.0 Å². The lowest BCUT2D eigenvalue weighted by Gasteiger charge is -2.18. The van der Waals surface area contributed by atoms with Crippen LogP contribution in [0.1, 0.15) is 53.1 Å². The van der Waals surface area contributed by atoms with Crippen molar-refractivity contribution in [2.45, 2.75) is 45.1 Å². The van der Waals surface area contributed by atoms with Crippen LogP contribution < -0.4 is 5.32 Å². The van der Waals surface area contributed by atoms with Crippen molar-refractivity contribution in [2.75, 3.05) is 6.54 Å². The van der Waals surface area contributed by atoms with Crippen LogP contribution >= 0.6 is 11.3 Å². The van der Waals surface area contributed by atoms with E-state index in [1.54, 1.807) is 12.1 Å². The van der Waals surface area contributed by atoms with Gasteiger partial charge in [-0.1, -0.05) is 25.1 Å². The Kier molecular flexibility index (Phi) is 4.71. The van der Waals surface area contributed by atoms with Crippen LogP contribution in [0.4, 0.5) is 4.39 Å². The monoisotopic (exact) mass is 303 g/mol. The fraction of sp³-hybridized carbons (Fsp3) is 0.444. The fourth-order valence-corrected chi connectivity index (χ4v) is 4.37. The molecule has 21 heavy (non-hydrogen) atoms. The predicted octanol–water partition coefficient (Wildman–Crippen LogP) is 4.86. The van der Waals surface area contributed by atoms with Crippen LogP contribution in [0.3, 0.4) is 0 Å². The van der Waals surface area contributed by atoms with Gasteiger partial charge in [-0.25, -0.2) is 4.39 Å². The Labute approximate surface area is 130 Å². The quantitative estimate of drug-likeness (QED) is 0.832. The van der Waals surface area contributed by atoms with Gasteiger partial charge in [-0.05, 0) is 56.3 Å². The molecule has 3 rings (SSSR count). The molecule has 1 N–H and O–H groups in total. The maximum Gasteiger partial charge on any atom is 0.128 e. The summed E-state index contributed by atoms with van der Waals surface area (Å²) in [7, 11) is 0. The summed E-state index contributed by atoms with van der Waals surface area (Å²) < 4.78 is 14.2. The zero-order valence-corrected chi connectivity index (χ0v) is 13.3. The maximum absolute atomic E-state index is 14.2. The molecule has 0 bridgehead atoms. The summed E-state index contributed by atoms with van der Waals surface area (Å²) in [5.41, 5.74) is 2.26. The van der Waals surface area contributed by atoms with Gasteiger partial charge in [0, 0.05) is 15.3 Å². The van der Waals surface area contributed by atoms with Crippen molar-refractivity contribution < 1.29 is 4.39 Å². The Balaban J connectivity index is 1.95. The summed E-state index contributed by atoms with van der Waals surface area (Å²) >= 11 is 1.87. The summed E-state index contributed by atoms with van der Waals surface area (Å²) in [4.78, 5) is 2.77. The summed E-state index contributed by atoms with van der Waals surface area (Å²) in [6, 6.07) is 9.44. The van der Waals surface area contributed by atoms with Gasteiger partial charge >= 0.3 is 0 Å². The van der Waals surface area contributed by atoms with Gasteiger partial charge in [0.05, 0.1) is 6.04 Å². The second kappa shape index (κ2) is 6.71. The molecule has 0 saturated heterocycles. The maximum atomic E-state index is 14.2. The first-order valence-corrected chi connectivity index (χ1v) is 8.70. The van der Waals surface area contributed by atoms with Crippen LogP contribution in [0.15, 0.2) is 30.3 Å². The number of hydrogen-bond donors (Lipinski definition) is 1. The molecule has 0 fully saturated rings. The fourth-order valence-electron chi connectivity index (χ4n) is 3.02. The van der Waals surface area contributed by atoms with Crippen molar-refractivity contribution in [3.63, 3.8) is 0 Å². The minimum Gasteiger partial charge on any atom is -0.306 e. The predicted molar refractivity (Wildman–Crippen MR) is 87.5 cm³/mol. The van der Waals surface area contributed by atoms with E-state index >= 15 is 0 Å². The van der Waals surface area contributed by atoms with E-state index in [0.717, 1.165) is 18.5 Å². The van der Waals surface area contributed by atoms with Gasteiger partial charge in [0.25, 0.3) is 0 Å². The molecule has 1 aromatic carbocycles. The SMILES string of the molecule is CCCNC(c1cc2c(s1)CCCC2)c1ccccc1F. The molecule has 1 atom stereocenters.